The van der Waals surface area contributed by atoms with Crippen molar-refractivity contribution in [3.05, 3.63) is 59.2 Å². The molecule has 0 heterocycles. The van der Waals surface area contributed by atoms with Crippen LogP contribution in [-0.4, -0.2) is 20.1 Å². The van der Waals surface area contributed by atoms with Gasteiger partial charge in [-0.15, -0.1) is 0 Å². The summed E-state index contributed by atoms with van der Waals surface area (Å²) in [6, 6.07) is 9.69. The van der Waals surface area contributed by atoms with Gasteiger partial charge in [-0.1, -0.05) is 24.3 Å². The van der Waals surface area contributed by atoms with Gasteiger partial charge in [-0.25, -0.2) is 13.6 Å². The molecular weight excluding hydrogens is 357 g/mol. The summed E-state index contributed by atoms with van der Waals surface area (Å²) in [7, 11) is -4.51. The fourth-order valence-corrected chi connectivity index (χ4v) is 3.13. The minimum Gasteiger partial charge on any atom is -0.387 e. The third-order valence-electron chi connectivity index (χ3n) is 3.64. The summed E-state index contributed by atoms with van der Waals surface area (Å²) >= 11 is 0. The Balaban J connectivity index is 2.25. The second-order valence-corrected chi connectivity index (χ2v) is 7.04. The summed E-state index contributed by atoms with van der Waals surface area (Å²) in [6.45, 7) is 1.76. The van der Waals surface area contributed by atoms with Gasteiger partial charge in [0.2, 0.25) is 10.0 Å². The number of halogens is 3. The maximum Gasteiger partial charge on any atom is 0.417 e. The van der Waals surface area contributed by atoms with Crippen LogP contribution in [0.3, 0.4) is 0 Å². The lowest BCUT2D eigenvalue weighted by molar-refractivity contribution is -0.139. The molecule has 9 heteroatoms. The second-order valence-electron chi connectivity index (χ2n) is 5.51. The fourth-order valence-electron chi connectivity index (χ4n) is 2.39. The van der Waals surface area contributed by atoms with Crippen LogP contribution in [0.4, 0.5) is 18.9 Å². The van der Waals surface area contributed by atoms with Gasteiger partial charge in [-0.05, 0) is 36.2 Å². The van der Waals surface area contributed by atoms with Crippen LogP contribution in [0.2, 0.25) is 0 Å². The maximum absolute atomic E-state index is 13.1. The molecule has 25 heavy (non-hydrogen) atoms. The standard InChI is InChI=1S/C16H17F3N2O3S/c1-10-4-2-3-5-12(10)14(22)9-21-11-6-7-15(25(20,23)24)13(8-11)16(17,18)19/h2-8,14,21-22H,9H2,1H3,(H2,20,23,24). The van der Waals surface area contributed by atoms with E-state index in [4.69, 9.17) is 5.14 Å². The summed E-state index contributed by atoms with van der Waals surface area (Å²) in [5.74, 6) is 0. The Hall–Kier alpha value is -2.10. The van der Waals surface area contributed by atoms with Crippen LogP contribution in [-0.2, 0) is 16.2 Å². The number of aliphatic hydroxyl groups excluding tert-OH is 1. The highest BCUT2D eigenvalue weighted by molar-refractivity contribution is 7.89. The molecule has 0 amide bonds. The summed E-state index contributed by atoms with van der Waals surface area (Å²) < 4.78 is 61.9. The Morgan fingerprint density at radius 3 is 2.40 bits per heavy atom. The lowest BCUT2D eigenvalue weighted by Gasteiger charge is -2.17. The molecule has 0 bridgehead atoms. The predicted molar refractivity (Wildman–Crippen MR) is 87.4 cm³/mol. The van der Waals surface area contributed by atoms with Gasteiger partial charge in [0.15, 0.2) is 0 Å². The van der Waals surface area contributed by atoms with Crippen molar-refractivity contribution in [2.45, 2.75) is 24.1 Å². The average Bonchev–Trinajstić information content (AvgIpc) is 2.51. The highest BCUT2D eigenvalue weighted by Gasteiger charge is 2.36. The van der Waals surface area contributed by atoms with Gasteiger partial charge in [0.25, 0.3) is 0 Å². The molecule has 2 rings (SSSR count). The molecule has 0 aliphatic rings. The molecule has 0 radical (unpaired) electrons. The number of hydrogen-bond donors (Lipinski definition) is 3. The lowest BCUT2D eigenvalue weighted by atomic mass is 10.0. The SMILES string of the molecule is Cc1ccccc1C(O)CNc1ccc(S(N)(=O)=O)c(C(F)(F)F)c1. The van der Waals surface area contributed by atoms with E-state index in [1.165, 1.54) is 6.07 Å². The Morgan fingerprint density at radius 2 is 1.84 bits per heavy atom. The normalized spacial score (nSPS) is 13.5. The van der Waals surface area contributed by atoms with E-state index in [1.54, 1.807) is 31.2 Å². The van der Waals surface area contributed by atoms with Crippen molar-refractivity contribution < 1.29 is 26.7 Å². The van der Waals surface area contributed by atoms with E-state index in [-0.39, 0.29) is 12.2 Å². The molecule has 0 aliphatic heterocycles. The predicted octanol–water partition coefficient (Wildman–Crippen LogP) is 2.81. The molecule has 0 aliphatic carbocycles. The third kappa shape index (κ3) is 4.71. The number of benzene rings is 2. The Labute approximate surface area is 143 Å². The van der Waals surface area contributed by atoms with Gasteiger partial charge < -0.3 is 10.4 Å². The van der Waals surface area contributed by atoms with Crippen molar-refractivity contribution >= 4 is 15.7 Å². The zero-order chi connectivity index (χ0) is 18.8. The smallest absolute Gasteiger partial charge is 0.387 e. The molecule has 0 aromatic heterocycles. The molecule has 1 atom stereocenters. The van der Waals surface area contributed by atoms with Crippen LogP contribution >= 0.6 is 0 Å². The number of sulfonamides is 1. The van der Waals surface area contributed by atoms with Gasteiger partial charge in [0.1, 0.15) is 0 Å². The van der Waals surface area contributed by atoms with Crippen LogP contribution in [0.15, 0.2) is 47.4 Å². The molecule has 0 spiro atoms. The van der Waals surface area contributed by atoms with E-state index in [2.05, 4.69) is 5.32 Å². The van der Waals surface area contributed by atoms with Crippen molar-refractivity contribution in [1.29, 1.82) is 0 Å². The topological polar surface area (TPSA) is 92.4 Å². The zero-order valence-corrected chi connectivity index (χ0v) is 14.0. The van der Waals surface area contributed by atoms with E-state index >= 15 is 0 Å². The largest absolute Gasteiger partial charge is 0.417 e. The number of aliphatic hydroxyl groups is 1. The van der Waals surface area contributed by atoms with Crippen molar-refractivity contribution in [1.82, 2.24) is 0 Å². The van der Waals surface area contributed by atoms with Gasteiger partial charge in [0, 0.05) is 12.2 Å². The van der Waals surface area contributed by atoms with Gasteiger partial charge in [-0.2, -0.15) is 13.2 Å². The molecule has 2 aromatic carbocycles. The summed E-state index contributed by atoms with van der Waals surface area (Å²) in [6.07, 6.45) is -5.82. The molecule has 1 unspecified atom stereocenters. The van der Waals surface area contributed by atoms with Crippen molar-refractivity contribution in [2.75, 3.05) is 11.9 Å². The number of anilines is 1. The zero-order valence-electron chi connectivity index (χ0n) is 13.2. The van der Waals surface area contributed by atoms with Crippen LogP contribution < -0.4 is 10.5 Å². The first-order valence-corrected chi connectivity index (χ1v) is 8.76. The van der Waals surface area contributed by atoms with Crippen molar-refractivity contribution in [2.24, 2.45) is 5.14 Å². The monoisotopic (exact) mass is 374 g/mol. The summed E-state index contributed by atoms with van der Waals surface area (Å²) in [5.41, 5.74) is 0.155. The quantitative estimate of drug-likeness (QED) is 0.750. The number of hydrogen-bond acceptors (Lipinski definition) is 4. The summed E-state index contributed by atoms with van der Waals surface area (Å²) in [5, 5.41) is 17.7. The molecule has 4 N–H and O–H groups in total. The second kappa shape index (κ2) is 7.03. The first-order chi connectivity index (χ1) is 11.5. The lowest BCUT2D eigenvalue weighted by Crippen LogP contribution is -2.20. The minimum absolute atomic E-state index is 0.0207. The Kier molecular flexibility index (Phi) is 5.40. The van der Waals surface area contributed by atoms with E-state index in [0.717, 1.165) is 11.6 Å². The Bertz CT molecular complexity index is 867. The molecule has 0 saturated carbocycles. The number of primary sulfonamides is 1. The number of alkyl halides is 3. The number of nitrogens with one attached hydrogen (secondary N) is 1. The van der Waals surface area contributed by atoms with Gasteiger partial charge >= 0.3 is 6.18 Å². The molecule has 0 saturated heterocycles. The first kappa shape index (κ1) is 19.2. The fraction of sp³-hybridized carbons (Fsp3) is 0.250. The molecule has 2 aromatic rings. The highest BCUT2D eigenvalue weighted by Crippen LogP contribution is 2.35. The molecule has 5 nitrogen and oxygen atoms in total. The number of rotatable bonds is 5. The number of aryl methyl sites for hydroxylation is 1. The molecule has 136 valence electrons. The van der Waals surface area contributed by atoms with E-state index in [0.29, 0.717) is 11.6 Å². The van der Waals surface area contributed by atoms with Crippen molar-refractivity contribution in [3.63, 3.8) is 0 Å². The van der Waals surface area contributed by atoms with Crippen molar-refractivity contribution in [3.8, 4) is 0 Å². The summed E-state index contributed by atoms with van der Waals surface area (Å²) in [4.78, 5) is -0.995. The highest BCUT2D eigenvalue weighted by atomic mass is 32.2. The van der Waals surface area contributed by atoms with Crippen LogP contribution in [0.5, 0.6) is 0 Å². The van der Waals surface area contributed by atoms with Crippen LogP contribution in [0.1, 0.15) is 22.8 Å². The third-order valence-corrected chi connectivity index (χ3v) is 4.61. The van der Waals surface area contributed by atoms with E-state index in [1.807, 2.05) is 0 Å². The van der Waals surface area contributed by atoms with E-state index in [9.17, 15) is 26.7 Å². The van der Waals surface area contributed by atoms with Crippen LogP contribution in [0.25, 0.3) is 0 Å². The average molecular weight is 374 g/mol. The molecular formula is C16H17F3N2O3S. The van der Waals surface area contributed by atoms with Gasteiger partial charge in [-0.3, -0.25) is 0 Å². The van der Waals surface area contributed by atoms with Crippen LogP contribution in [0, 0.1) is 6.92 Å². The molecule has 0 fully saturated rings. The number of nitrogens with two attached hydrogens (primary N) is 1. The van der Waals surface area contributed by atoms with E-state index < -0.39 is 32.8 Å². The Morgan fingerprint density at radius 1 is 1.20 bits per heavy atom. The maximum atomic E-state index is 13.1. The minimum atomic E-state index is -4.88. The first-order valence-electron chi connectivity index (χ1n) is 7.21. The van der Waals surface area contributed by atoms with Gasteiger partial charge in [0.05, 0.1) is 16.6 Å².